The number of benzene rings is 1. The minimum atomic E-state index is 0.169. The van der Waals surface area contributed by atoms with Crippen molar-refractivity contribution in [3.8, 4) is 0 Å². The number of likely N-dealkylation sites (tertiary alicyclic amines) is 1. The molecule has 2 atom stereocenters. The van der Waals surface area contributed by atoms with Crippen LogP contribution in [0.5, 0.6) is 0 Å². The fourth-order valence-electron chi connectivity index (χ4n) is 3.50. The van der Waals surface area contributed by atoms with Gasteiger partial charge >= 0.3 is 0 Å². The average molecular weight is 284 g/mol. The van der Waals surface area contributed by atoms with Crippen molar-refractivity contribution < 1.29 is 4.79 Å². The molecule has 0 aliphatic carbocycles. The lowest BCUT2D eigenvalue weighted by molar-refractivity contribution is -0.127. The number of fused-ring (bicyclic) bond motifs is 1. The number of hydrogen-bond acceptors (Lipinski definition) is 2. The van der Waals surface area contributed by atoms with Crippen molar-refractivity contribution in [1.29, 1.82) is 0 Å². The summed E-state index contributed by atoms with van der Waals surface area (Å²) in [6.45, 7) is 8.34. The van der Waals surface area contributed by atoms with Gasteiger partial charge in [0.2, 0.25) is 0 Å². The molecule has 1 N–H and O–H groups in total. The van der Waals surface area contributed by atoms with Gasteiger partial charge in [0.15, 0.2) is 0 Å². The Hall–Kier alpha value is -1.61. The summed E-state index contributed by atoms with van der Waals surface area (Å²) in [6.07, 6.45) is 1.75. The minimum absolute atomic E-state index is 0.169. The van der Waals surface area contributed by atoms with Gasteiger partial charge in [0.25, 0.3) is 0 Å². The van der Waals surface area contributed by atoms with Crippen LogP contribution in [0.25, 0.3) is 10.9 Å². The number of Topliss-reactive ketones (excluding diaryl/α,β-unsaturated/α-hetero) is 1. The van der Waals surface area contributed by atoms with Crippen LogP contribution in [0.3, 0.4) is 0 Å². The van der Waals surface area contributed by atoms with E-state index in [4.69, 9.17) is 0 Å². The van der Waals surface area contributed by atoms with Crippen LogP contribution in [0.1, 0.15) is 31.5 Å². The smallest absolute Gasteiger partial charge is 0.138 e. The molecule has 3 heteroatoms. The highest BCUT2D eigenvalue weighted by molar-refractivity contribution is 5.84. The Bertz CT molecular complexity index is 658. The Morgan fingerprint density at radius 2 is 2.05 bits per heavy atom. The van der Waals surface area contributed by atoms with Gasteiger partial charge in [0.05, 0.1) is 0 Å². The number of nitrogens with one attached hydrogen (secondary N) is 1. The van der Waals surface area contributed by atoms with Gasteiger partial charge in [-0.05, 0) is 31.9 Å². The number of carbonyl (C=O) groups is 1. The van der Waals surface area contributed by atoms with Gasteiger partial charge in [-0.15, -0.1) is 0 Å². The molecule has 0 saturated carbocycles. The number of aryl methyl sites for hydroxylation is 1. The molecule has 1 aliphatic rings. The zero-order valence-electron chi connectivity index (χ0n) is 13.1. The summed E-state index contributed by atoms with van der Waals surface area (Å²) >= 11 is 0. The van der Waals surface area contributed by atoms with Gasteiger partial charge in [0.1, 0.15) is 5.78 Å². The molecule has 1 aromatic carbocycles. The van der Waals surface area contributed by atoms with E-state index in [2.05, 4.69) is 54.9 Å². The van der Waals surface area contributed by atoms with Crippen molar-refractivity contribution in [1.82, 2.24) is 9.88 Å². The molecule has 0 amide bonds. The van der Waals surface area contributed by atoms with E-state index in [9.17, 15) is 4.79 Å². The average Bonchev–Trinajstić information content (AvgIpc) is 2.80. The first-order valence-corrected chi connectivity index (χ1v) is 7.91. The molecule has 2 aromatic rings. The maximum absolute atomic E-state index is 11.8. The molecular weight excluding hydrogens is 260 g/mol. The van der Waals surface area contributed by atoms with Crippen molar-refractivity contribution in [2.75, 3.05) is 13.1 Å². The van der Waals surface area contributed by atoms with Crippen LogP contribution in [0.15, 0.2) is 24.3 Å². The van der Waals surface area contributed by atoms with E-state index in [0.29, 0.717) is 18.2 Å². The molecule has 0 radical (unpaired) electrons. The number of nitrogens with zero attached hydrogens (tertiary/aromatic N) is 1. The molecule has 0 spiro atoms. The molecule has 1 aromatic heterocycles. The molecule has 1 fully saturated rings. The quantitative estimate of drug-likeness (QED) is 0.938. The number of aromatic amines is 1. The zero-order chi connectivity index (χ0) is 15.0. The van der Waals surface area contributed by atoms with E-state index in [0.717, 1.165) is 19.5 Å². The Balaban J connectivity index is 1.75. The van der Waals surface area contributed by atoms with E-state index in [1.54, 1.807) is 0 Å². The number of hydrogen-bond donors (Lipinski definition) is 1. The standard InChI is InChI=1S/C18H24N2O/c1-12-14(3)20(11-9-18(12)21)10-8-15-13(2)19-17-7-5-4-6-16(15)17/h4-7,12,14,19H,8-11H2,1-3H3. The highest BCUT2D eigenvalue weighted by atomic mass is 16.1. The molecule has 2 heterocycles. The predicted octanol–water partition coefficient (Wildman–Crippen LogP) is 3.32. The molecular formula is C18H24N2O. The number of H-pyrrole nitrogens is 1. The number of carbonyl (C=O) groups excluding carboxylic acids is 1. The third kappa shape index (κ3) is 2.62. The van der Waals surface area contributed by atoms with Gasteiger partial charge in [-0.3, -0.25) is 9.69 Å². The van der Waals surface area contributed by atoms with Crippen molar-refractivity contribution in [2.45, 2.75) is 39.7 Å². The first-order chi connectivity index (χ1) is 10.1. The number of rotatable bonds is 3. The van der Waals surface area contributed by atoms with Crippen LogP contribution in [0.2, 0.25) is 0 Å². The van der Waals surface area contributed by atoms with Crippen LogP contribution in [0, 0.1) is 12.8 Å². The Kier molecular flexibility index (Phi) is 3.85. The number of piperidine rings is 1. The summed E-state index contributed by atoms with van der Waals surface area (Å²) in [5, 5.41) is 1.34. The Morgan fingerprint density at radius 1 is 1.29 bits per heavy atom. The Morgan fingerprint density at radius 3 is 2.86 bits per heavy atom. The summed E-state index contributed by atoms with van der Waals surface area (Å²) in [4.78, 5) is 17.7. The topological polar surface area (TPSA) is 36.1 Å². The molecule has 0 bridgehead atoms. The first-order valence-electron chi connectivity index (χ1n) is 7.91. The SMILES string of the molecule is Cc1[nH]c2ccccc2c1CCN1CCC(=O)C(C)C1C. The van der Waals surface area contributed by atoms with Gasteiger partial charge < -0.3 is 4.98 Å². The van der Waals surface area contributed by atoms with E-state index in [1.807, 2.05) is 0 Å². The molecule has 1 aliphatic heterocycles. The monoisotopic (exact) mass is 284 g/mol. The van der Waals surface area contributed by atoms with E-state index < -0.39 is 0 Å². The van der Waals surface area contributed by atoms with Crippen molar-refractivity contribution in [2.24, 2.45) is 5.92 Å². The number of ketones is 1. The minimum Gasteiger partial charge on any atom is -0.358 e. The third-order valence-electron chi connectivity index (χ3n) is 5.13. The fourth-order valence-corrected chi connectivity index (χ4v) is 3.50. The molecule has 112 valence electrons. The van der Waals surface area contributed by atoms with Crippen LogP contribution in [-0.2, 0) is 11.2 Å². The van der Waals surface area contributed by atoms with Crippen molar-refractivity contribution in [3.63, 3.8) is 0 Å². The van der Waals surface area contributed by atoms with Crippen LogP contribution >= 0.6 is 0 Å². The molecule has 2 unspecified atom stereocenters. The van der Waals surface area contributed by atoms with Gasteiger partial charge in [-0.2, -0.15) is 0 Å². The second-order valence-corrected chi connectivity index (χ2v) is 6.31. The largest absolute Gasteiger partial charge is 0.358 e. The second-order valence-electron chi connectivity index (χ2n) is 6.31. The molecule has 3 nitrogen and oxygen atoms in total. The third-order valence-corrected chi connectivity index (χ3v) is 5.13. The van der Waals surface area contributed by atoms with E-state index in [1.165, 1.54) is 22.2 Å². The lowest BCUT2D eigenvalue weighted by Gasteiger charge is -2.37. The maximum atomic E-state index is 11.8. The van der Waals surface area contributed by atoms with Gasteiger partial charge in [-0.25, -0.2) is 0 Å². The normalized spacial score (nSPS) is 23.9. The Labute approximate surface area is 126 Å². The van der Waals surface area contributed by atoms with Crippen molar-refractivity contribution >= 4 is 16.7 Å². The summed E-state index contributed by atoms with van der Waals surface area (Å²) < 4.78 is 0. The van der Waals surface area contributed by atoms with Gasteiger partial charge in [0, 0.05) is 48.1 Å². The summed E-state index contributed by atoms with van der Waals surface area (Å²) in [6, 6.07) is 8.86. The highest BCUT2D eigenvalue weighted by Gasteiger charge is 2.30. The summed E-state index contributed by atoms with van der Waals surface area (Å²) in [7, 11) is 0. The first kappa shape index (κ1) is 14.3. The molecule has 1 saturated heterocycles. The molecule has 21 heavy (non-hydrogen) atoms. The van der Waals surface area contributed by atoms with E-state index in [-0.39, 0.29) is 5.92 Å². The lowest BCUT2D eigenvalue weighted by Crippen LogP contribution is -2.47. The number of aromatic nitrogens is 1. The highest BCUT2D eigenvalue weighted by Crippen LogP contribution is 2.24. The van der Waals surface area contributed by atoms with Crippen LogP contribution in [-0.4, -0.2) is 34.8 Å². The summed E-state index contributed by atoms with van der Waals surface area (Å²) in [5.74, 6) is 0.588. The number of para-hydroxylation sites is 1. The lowest BCUT2D eigenvalue weighted by atomic mass is 9.90. The summed E-state index contributed by atoms with van der Waals surface area (Å²) in [5.41, 5.74) is 3.91. The van der Waals surface area contributed by atoms with Crippen LogP contribution in [0.4, 0.5) is 0 Å². The zero-order valence-corrected chi connectivity index (χ0v) is 13.1. The van der Waals surface area contributed by atoms with Crippen molar-refractivity contribution in [3.05, 3.63) is 35.5 Å². The maximum Gasteiger partial charge on any atom is 0.138 e. The van der Waals surface area contributed by atoms with E-state index >= 15 is 0 Å². The predicted molar refractivity (Wildman–Crippen MR) is 86.6 cm³/mol. The van der Waals surface area contributed by atoms with Crippen LogP contribution < -0.4 is 0 Å². The van der Waals surface area contributed by atoms with Gasteiger partial charge in [-0.1, -0.05) is 25.1 Å². The second kappa shape index (κ2) is 5.64. The molecule has 3 rings (SSSR count). The fraction of sp³-hybridized carbons (Fsp3) is 0.500.